The van der Waals surface area contributed by atoms with Gasteiger partial charge in [0.1, 0.15) is 0 Å². The molecular weight excluding hydrogens is 516 g/mol. The fourth-order valence-corrected chi connectivity index (χ4v) is 4.13. The molecule has 10 nitrogen and oxygen atoms in total. The molecule has 1 fully saturated rings. The summed E-state index contributed by atoms with van der Waals surface area (Å²) in [4.78, 5) is 53.9. The minimum atomic E-state index is -2.22. The number of hydrogen-bond donors (Lipinski definition) is 2. The molecule has 2 heterocycles. The molecule has 10 heteroatoms. The number of likely N-dealkylation sites (tertiary alicyclic amines) is 1. The molecule has 0 saturated carbocycles. The third kappa shape index (κ3) is 8.21. The molecule has 3 atom stereocenters. The number of esters is 2. The number of pyridine rings is 1. The Labute approximate surface area is 232 Å². The first-order chi connectivity index (χ1) is 19.1. The number of aliphatic carboxylic acids is 2. The average molecular weight is 549 g/mol. The molecule has 0 amide bonds. The molecule has 2 N–H and O–H groups in total. The molecule has 0 aliphatic carbocycles. The highest BCUT2D eigenvalue weighted by atomic mass is 16.6. The van der Waals surface area contributed by atoms with Gasteiger partial charge in [-0.3, -0.25) is 9.88 Å². The van der Waals surface area contributed by atoms with Crippen LogP contribution in [-0.2, 0) is 19.1 Å². The van der Waals surface area contributed by atoms with Gasteiger partial charge >= 0.3 is 23.9 Å². The predicted molar refractivity (Wildman–Crippen MR) is 145 cm³/mol. The second-order valence-electron chi connectivity index (χ2n) is 9.49. The Hall–Kier alpha value is -4.57. The standard InChI is InChI=1S/C20H18O8.C10H14N2/c1-11-3-7-13(8-4-11)19(25)27-15(17(21)22)16(18(23)24)28-20(26)14-9-5-12(2)6-10-14;1-12-7-3-5-10(12)9-4-2-6-11-8-9/h3-10,15-16H,1-2H3,(H,21,22)(H,23,24);2,4,6,8,10H,3,5,7H2,1H3/t15-,16-;10-/m00/s1. The molecule has 1 saturated heterocycles. The number of carboxylic acids is 2. The van der Waals surface area contributed by atoms with Crippen molar-refractivity contribution in [1.82, 2.24) is 9.88 Å². The fourth-order valence-electron chi connectivity index (χ4n) is 4.13. The van der Waals surface area contributed by atoms with Crippen LogP contribution in [0.1, 0.15) is 56.3 Å². The molecule has 210 valence electrons. The minimum Gasteiger partial charge on any atom is -0.478 e. The Bertz CT molecular complexity index is 1230. The van der Waals surface area contributed by atoms with Gasteiger partial charge in [0.25, 0.3) is 0 Å². The number of aromatic nitrogens is 1. The largest absolute Gasteiger partial charge is 0.478 e. The first-order valence-corrected chi connectivity index (χ1v) is 12.7. The van der Waals surface area contributed by atoms with Gasteiger partial charge < -0.3 is 19.7 Å². The van der Waals surface area contributed by atoms with Gasteiger partial charge in [-0.1, -0.05) is 41.5 Å². The Kier molecular flexibility index (Phi) is 10.5. The molecule has 1 aromatic heterocycles. The number of hydrogen-bond acceptors (Lipinski definition) is 8. The Morgan fingerprint density at radius 1 is 0.825 bits per heavy atom. The van der Waals surface area contributed by atoms with E-state index in [1.165, 1.54) is 49.2 Å². The third-order valence-electron chi connectivity index (χ3n) is 6.39. The third-order valence-corrected chi connectivity index (χ3v) is 6.39. The van der Waals surface area contributed by atoms with Gasteiger partial charge in [0.2, 0.25) is 12.2 Å². The van der Waals surface area contributed by atoms with E-state index in [2.05, 4.69) is 23.0 Å². The van der Waals surface area contributed by atoms with Crippen LogP contribution in [0.2, 0.25) is 0 Å². The highest BCUT2D eigenvalue weighted by molar-refractivity contribution is 5.95. The SMILES string of the molecule is CN1CCC[C@H]1c1cccnc1.Cc1ccc(C(=O)O[C@H](C(=O)O)[C@H](OC(=O)c2ccc(C)cc2)C(=O)O)cc1. The fraction of sp³-hybridized carbons (Fsp3) is 0.300. The van der Waals surface area contributed by atoms with Crippen molar-refractivity contribution in [2.45, 2.75) is 44.9 Å². The normalized spacial score (nSPS) is 16.1. The van der Waals surface area contributed by atoms with Crippen molar-refractivity contribution >= 4 is 23.9 Å². The quantitative estimate of drug-likeness (QED) is 0.395. The van der Waals surface area contributed by atoms with Crippen LogP contribution in [0.25, 0.3) is 0 Å². The Morgan fingerprint density at radius 2 is 1.30 bits per heavy atom. The number of carboxylic acid groups (broad SMARTS) is 2. The number of benzene rings is 2. The lowest BCUT2D eigenvalue weighted by atomic mass is 10.1. The van der Waals surface area contributed by atoms with Crippen LogP contribution >= 0.6 is 0 Å². The number of aryl methyl sites for hydroxylation is 2. The monoisotopic (exact) mass is 548 g/mol. The maximum Gasteiger partial charge on any atom is 0.349 e. The van der Waals surface area contributed by atoms with Gasteiger partial charge in [-0.25, -0.2) is 19.2 Å². The highest BCUT2D eigenvalue weighted by Crippen LogP contribution is 2.29. The summed E-state index contributed by atoms with van der Waals surface area (Å²) >= 11 is 0. The van der Waals surface area contributed by atoms with E-state index in [9.17, 15) is 29.4 Å². The molecular formula is C30H32N2O8. The molecule has 3 aromatic rings. The van der Waals surface area contributed by atoms with Crippen molar-refractivity contribution in [1.29, 1.82) is 0 Å². The smallest absolute Gasteiger partial charge is 0.349 e. The zero-order chi connectivity index (χ0) is 29.2. The van der Waals surface area contributed by atoms with E-state index >= 15 is 0 Å². The van der Waals surface area contributed by atoms with Gasteiger partial charge in [-0.2, -0.15) is 0 Å². The summed E-state index contributed by atoms with van der Waals surface area (Å²) in [6.45, 7) is 4.81. The van der Waals surface area contributed by atoms with Gasteiger partial charge in [0.05, 0.1) is 11.1 Å². The van der Waals surface area contributed by atoms with E-state index < -0.39 is 36.1 Å². The van der Waals surface area contributed by atoms with Crippen molar-refractivity contribution in [2.24, 2.45) is 0 Å². The highest BCUT2D eigenvalue weighted by Gasteiger charge is 2.41. The van der Waals surface area contributed by atoms with E-state index in [0.717, 1.165) is 11.1 Å². The number of rotatable bonds is 8. The van der Waals surface area contributed by atoms with Crippen LogP contribution in [0.5, 0.6) is 0 Å². The lowest BCUT2D eigenvalue weighted by Gasteiger charge is -2.21. The number of ether oxygens (including phenoxy) is 2. The summed E-state index contributed by atoms with van der Waals surface area (Å²) in [7, 11) is 2.19. The summed E-state index contributed by atoms with van der Waals surface area (Å²) in [5.41, 5.74) is 3.15. The van der Waals surface area contributed by atoms with Crippen molar-refractivity contribution in [3.63, 3.8) is 0 Å². The first kappa shape index (κ1) is 30.0. The molecule has 0 bridgehead atoms. The number of carbonyl (C=O) groups excluding carboxylic acids is 2. The van der Waals surface area contributed by atoms with E-state index in [-0.39, 0.29) is 11.1 Å². The maximum absolute atomic E-state index is 12.2. The van der Waals surface area contributed by atoms with Crippen molar-refractivity contribution in [2.75, 3.05) is 13.6 Å². The van der Waals surface area contributed by atoms with Crippen LogP contribution in [0.3, 0.4) is 0 Å². The molecule has 1 aliphatic heterocycles. The zero-order valence-corrected chi connectivity index (χ0v) is 22.5. The van der Waals surface area contributed by atoms with Gasteiger partial charge in [-0.05, 0) is 76.2 Å². The van der Waals surface area contributed by atoms with E-state index in [1.807, 2.05) is 18.5 Å². The van der Waals surface area contributed by atoms with E-state index in [4.69, 9.17) is 9.47 Å². The van der Waals surface area contributed by atoms with E-state index in [0.29, 0.717) is 6.04 Å². The summed E-state index contributed by atoms with van der Waals surface area (Å²) in [5, 5.41) is 18.6. The van der Waals surface area contributed by atoms with Crippen LogP contribution < -0.4 is 0 Å². The number of nitrogens with zero attached hydrogens (tertiary/aromatic N) is 2. The average Bonchev–Trinajstić information content (AvgIpc) is 3.37. The Balaban J connectivity index is 0.000000302. The summed E-state index contributed by atoms with van der Waals surface area (Å²) in [6.07, 6.45) is 1.96. The maximum atomic E-state index is 12.2. The zero-order valence-electron chi connectivity index (χ0n) is 22.5. The van der Waals surface area contributed by atoms with Crippen LogP contribution in [0.4, 0.5) is 0 Å². The van der Waals surface area contributed by atoms with Crippen molar-refractivity contribution in [3.8, 4) is 0 Å². The lowest BCUT2D eigenvalue weighted by molar-refractivity contribution is -0.166. The Morgan fingerprint density at radius 3 is 1.65 bits per heavy atom. The molecule has 0 unspecified atom stereocenters. The van der Waals surface area contributed by atoms with Gasteiger partial charge in [0, 0.05) is 18.4 Å². The van der Waals surface area contributed by atoms with Gasteiger partial charge in [-0.15, -0.1) is 0 Å². The summed E-state index contributed by atoms with van der Waals surface area (Å²) in [5.74, 6) is -5.62. The minimum absolute atomic E-state index is 0.0332. The van der Waals surface area contributed by atoms with Crippen LogP contribution in [0, 0.1) is 13.8 Å². The molecule has 2 aromatic carbocycles. The predicted octanol–water partition coefficient (Wildman–Crippen LogP) is 4.07. The molecule has 4 rings (SSSR count). The van der Waals surface area contributed by atoms with E-state index in [1.54, 1.807) is 38.1 Å². The molecule has 0 spiro atoms. The number of carbonyl (C=O) groups is 4. The molecule has 40 heavy (non-hydrogen) atoms. The first-order valence-electron chi connectivity index (χ1n) is 12.7. The van der Waals surface area contributed by atoms with Crippen LogP contribution in [0.15, 0.2) is 73.1 Å². The van der Waals surface area contributed by atoms with Crippen molar-refractivity contribution < 1.29 is 38.9 Å². The second-order valence-corrected chi connectivity index (χ2v) is 9.49. The van der Waals surface area contributed by atoms with Crippen LogP contribution in [-0.4, -0.2) is 69.8 Å². The molecule has 1 aliphatic rings. The second kappa shape index (κ2) is 14.0. The lowest BCUT2D eigenvalue weighted by Crippen LogP contribution is -2.45. The topological polar surface area (TPSA) is 143 Å². The summed E-state index contributed by atoms with van der Waals surface area (Å²) < 4.78 is 9.64. The van der Waals surface area contributed by atoms with Gasteiger partial charge in [0.15, 0.2) is 0 Å². The van der Waals surface area contributed by atoms with Crippen molar-refractivity contribution in [3.05, 3.63) is 101 Å². The summed E-state index contributed by atoms with van der Waals surface area (Å²) in [6, 6.07) is 16.9. The molecule has 0 radical (unpaired) electrons.